The number of aromatic nitrogens is 2. The maximum atomic E-state index is 5.44. The average Bonchev–Trinajstić information content (AvgIpc) is 2.37. The highest BCUT2D eigenvalue weighted by Gasteiger charge is 2.23. The van der Waals surface area contributed by atoms with Gasteiger partial charge in [-0.2, -0.15) is 0 Å². The number of ether oxygens (including phenoxy) is 1. The van der Waals surface area contributed by atoms with Crippen LogP contribution in [0.1, 0.15) is 26.2 Å². The lowest BCUT2D eigenvalue weighted by molar-refractivity contribution is 0.316. The minimum absolute atomic E-state index is 0.523. The largest absolute Gasteiger partial charge is 0.490 e. The molecule has 1 saturated carbocycles. The van der Waals surface area contributed by atoms with Gasteiger partial charge in [-0.3, -0.25) is 0 Å². The van der Waals surface area contributed by atoms with Gasteiger partial charge in [-0.15, -0.1) is 0 Å². The minimum atomic E-state index is 0.523. The van der Waals surface area contributed by atoms with Crippen molar-refractivity contribution in [3.05, 3.63) is 6.33 Å². The van der Waals surface area contributed by atoms with Gasteiger partial charge in [0.15, 0.2) is 11.6 Å². The molecule has 0 unspecified atom stereocenters. The topological polar surface area (TPSA) is 76.3 Å². The predicted octanol–water partition coefficient (Wildman–Crippen LogP) is 1.40. The van der Waals surface area contributed by atoms with E-state index in [0.717, 1.165) is 24.8 Å². The second-order valence-corrected chi connectivity index (χ2v) is 4.56. The van der Waals surface area contributed by atoms with Crippen molar-refractivity contribution < 1.29 is 4.74 Å². The lowest BCUT2D eigenvalue weighted by Gasteiger charge is -2.33. The number of nitrogen functional groups attached to an aromatic ring is 1. The van der Waals surface area contributed by atoms with E-state index in [1.54, 1.807) is 7.11 Å². The van der Waals surface area contributed by atoms with Crippen LogP contribution in [0, 0.1) is 5.92 Å². The third-order valence-electron chi connectivity index (χ3n) is 3.51. The van der Waals surface area contributed by atoms with E-state index in [4.69, 9.17) is 10.6 Å². The van der Waals surface area contributed by atoms with Crippen molar-refractivity contribution >= 4 is 11.6 Å². The molecule has 1 fully saturated rings. The van der Waals surface area contributed by atoms with Crippen LogP contribution < -0.4 is 20.9 Å². The molecular formula is C12H21N5O. The summed E-state index contributed by atoms with van der Waals surface area (Å²) in [5.41, 5.74) is 2.54. The Labute approximate surface area is 108 Å². The molecule has 1 aromatic rings. The van der Waals surface area contributed by atoms with Crippen LogP contribution in [0.2, 0.25) is 0 Å². The van der Waals surface area contributed by atoms with Crippen molar-refractivity contribution in [1.29, 1.82) is 0 Å². The highest BCUT2D eigenvalue weighted by atomic mass is 16.5. The molecule has 18 heavy (non-hydrogen) atoms. The van der Waals surface area contributed by atoms with Crippen LogP contribution in [-0.2, 0) is 0 Å². The average molecular weight is 251 g/mol. The van der Waals surface area contributed by atoms with Crippen LogP contribution in [0.4, 0.5) is 11.6 Å². The number of hydrazine groups is 1. The van der Waals surface area contributed by atoms with Crippen LogP contribution in [0.3, 0.4) is 0 Å². The zero-order valence-electron chi connectivity index (χ0n) is 11.0. The molecule has 0 radical (unpaired) electrons. The standard InChI is InChI=1S/C12H21N5O/c1-3-17(7-9-5-4-6-9)12-10(18-2)11(16-13)14-8-15-12/h8-9H,3-7,13H2,1-2H3,(H,14,15,16). The fourth-order valence-corrected chi connectivity index (χ4v) is 2.23. The Kier molecular flexibility index (Phi) is 4.19. The molecule has 1 aliphatic carbocycles. The van der Waals surface area contributed by atoms with Gasteiger partial charge >= 0.3 is 0 Å². The van der Waals surface area contributed by atoms with E-state index in [1.807, 2.05) is 0 Å². The SMILES string of the molecule is CCN(CC1CCC1)c1ncnc(NN)c1OC. The minimum Gasteiger partial charge on any atom is -0.490 e. The Balaban J connectivity index is 2.22. The number of methoxy groups -OCH3 is 1. The molecule has 1 heterocycles. The number of hydrogen-bond donors (Lipinski definition) is 2. The summed E-state index contributed by atoms with van der Waals surface area (Å²) in [6, 6.07) is 0. The Morgan fingerprint density at radius 2 is 2.28 bits per heavy atom. The van der Waals surface area contributed by atoms with Crippen molar-refractivity contribution in [2.45, 2.75) is 26.2 Å². The van der Waals surface area contributed by atoms with Gasteiger partial charge in [0.25, 0.3) is 0 Å². The molecule has 0 aromatic carbocycles. The molecule has 100 valence electrons. The van der Waals surface area contributed by atoms with Crippen LogP contribution in [-0.4, -0.2) is 30.2 Å². The van der Waals surface area contributed by atoms with Gasteiger partial charge in [0.2, 0.25) is 5.75 Å². The number of nitrogens with two attached hydrogens (primary N) is 1. The first-order chi connectivity index (χ1) is 8.80. The summed E-state index contributed by atoms with van der Waals surface area (Å²) in [5, 5.41) is 0. The number of hydrogen-bond acceptors (Lipinski definition) is 6. The maximum absolute atomic E-state index is 5.44. The molecule has 2 rings (SSSR count). The molecule has 6 nitrogen and oxygen atoms in total. The van der Waals surface area contributed by atoms with Gasteiger partial charge in [-0.05, 0) is 25.7 Å². The molecule has 1 aromatic heterocycles. The molecule has 1 aliphatic rings. The Bertz CT molecular complexity index is 394. The summed E-state index contributed by atoms with van der Waals surface area (Å²) in [6.07, 6.45) is 5.48. The van der Waals surface area contributed by atoms with Gasteiger partial charge in [-0.25, -0.2) is 15.8 Å². The van der Waals surface area contributed by atoms with Crippen LogP contribution in [0.5, 0.6) is 5.75 Å². The monoisotopic (exact) mass is 251 g/mol. The molecule has 3 N–H and O–H groups in total. The quantitative estimate of drug-likeness (QED) is 0.588. The van der Waals surface area contributed by atoms with Crippen LogP contribution in [0.15, 0.2) is 6.33 Å². The summed E-state index contributed by atoms with van der Waals surface area (Å²) in [7, 11) is 1.61. The number of anilines is 2. The van der Waals surface area contributed by atoms with Gasteiger partial charge in [0.05, 0.1) is 7.11 Å². The Morgan fingerprint density at radius 1 is 1.50 bits per heavy atom. The van der Waals surface area contributed by atoms with Gasteiger partial charge in [-0.1, -0.05) is 6.42 Å². The second-order valence-electron chi connectivity index (χ2n) is 4.56. The van der Waals surface area contributed by atoms with Crippen LogP contribution in [0.25, 0.3) is 0 Å². The third-order valence-corrected chi connectivity index (χ3v) is 3.51. The molecule has 6 heteroatoms. The van der Waals surface area contributed by atoms with Crippen molar-refractivity contribution in [3.8, 4) is 5.75 Å². The van der Waals surface area contributed by atoms with Crippen molar-refractivity contribution in [1.82, 2.24) is 9.97 Å². The normalized spacial score (nSPS) is 15.1. The highest BCUT2D eigenvalue weighted by Crippen LogP contribution is 2.34. The summed E-state index contributed by atoms with van der Waals surface area (Å²) < 4.78 is 5.37. The van der Waals surface area contributed by atoms with E-state index < -0.39 is 0 Å². The predicted molar refractivity (Wildman–Crippen MR) is 71.6 cm³/mol. The molecule has 0 bridgehead atoms. The first-order valence-corrected chi connectivity index (χ1v) is 6.40. The lowest BCUT2D eigenvalue weighted by Crippen LogP contribution is -2.33. The van der Waals surface area contributed by atoms with Crippen LogP contribution >= 0.6 is 0 Å². The van der Waals surface area contributed by atoms with Gasteiger partial charge < -0.3 is 15.1 Å². The van der Waals surface area contributed by atoms with E-state index >= 15 is 0 Å². The summed E-state index contributed by atoms with van der Waals surface area (Å²) in [4.78, 5) is 10.6. The Hall–Kier alpha value is -1.56. The van der Waals surface area contributed by atoms with E-state index in [-0.39, 0.29) is 0 Å². The van der Waals surface area contributed by atoms with E-state index in [1.165, 1.54) is 25.6 Å². The van der Waals surface area contributed by atoms with Gasteiger partial charge in [0.1, 0.15) is 6.33 Å². The fraction of sp³-hybridized carbons (Fsp3) is 0.667. The zero-order valence-corrected chi connectivity index (χ0v) is 11.0. The molecule has 0 aliphatic heterocycles. The smallest absolute Gasteiger partial charge is 0.205 e. The van der Waals surface area contributed by atoms with Crippen molar-refractivity contribution in [2.75, 3.05) is 30.5 Å². The van der Waals surface area contributed by atoms with E-state index in [9.17, 15) is 0 Å². The third kappa shape index (κ3) is 2.48. The molecule has 0 amide bonds. The van der Waals surface area contributed by atoms with E-state index in [0.29, 0.717) is 11.6 Å². The number of nitrogens with zero attached hydrogens (tertiary/aromatic N) is 3. The summed E-state index contributed by atoms with van der Waals surface area (Å²) >= 11 is 0. The van der Waals surface area contributed by atoms with Gasteiger partial charge in [0, 0.05) is 13.1 Å². The zero-order chi connectivity index (χ0) is 13.0. The molecule has 0 atom stereocenters. The number of rotatable bonds is 6. The molecular weight excluding hydrogens is 230 g/mol. The first-order valence-electron chi connectivity index (χ1n) is 6.40. The second kappa shape index (κ2) is 5.86. The summed E-state index contributed by atoms with van der Waals surface area (Å²) in [5.74, 6) is 8.16. The number of nitrogens with one attached hydrogen (secondary N) is 1. The molecule has 0 saturated heterocycles. The van der Waals surface area contributed by atoms with E-state index in [2.05, 4.69) is 27.2 Å². The molecule has 0 spiro atoms. The summed E-state index contributed by atoms with van der Waals surface area (Å²) in [6.45, 7) is 4.04. The lowest BCUT2D eigenvalue weighted by atomic mass is 9.85. The highest BCUT2D eigenvalue weighted by molar-refractivity contribution is 5.64. The Morgan fingerprint density at radius 3 is 2.78 bits per heavy atom. The van der Waals surface area contributed by atoms with Crippen molar-refractivity contribution in [2.24, 2.45) is 11.8 Å². The van der Waals surface area contributed by atoms with Crippen molar-refractivity contribution in [3.63, 3.8) is 0 Å². The first kappa shape index (κ1) is 12.9. The fourth-order valence-electron chi connectivity index (χ4n) is 2.23. The maximum Gasteiger partial charge on any atom is 0.205 e.